The maximum atomic E-state index is 12.5. The zero-order valence-electron chi connectivity index (χ0n) is 44.1. The molecule has 2 unspecified atom stereocenters. The Kier molecular flexibility index (Phi) is 54.4. The van der Waals surface area contributed by atoms with Crippen LogP contribution in [-0.2, 0) is 4.79 Å². The summed E-state index contributed by atoms with van der Waals surface area (Å²) >= 11 is 0. The Morgan fingerprint density at radius 2 is 0.647 bits per heavy atom. The van der Waals surface area contributed by atoms with E-state index in [2.05, 4.69) is 165 Å². The Labute approximate surface area is 421 Å². The molecule has 0 fully saturated rings. The molecule has 4 nitrogen and oxygen atoms in total. The molecule has 0 aromatic rings. The number of aliphatic hydroxyl groups excluding tert-OH is 2. The van der Waals surface area contributed by atoms with Crippen molar-refractivity contribution in [2.75, 3.05) is 6.61 Å². The fourth-order valence-electron chi connectivity index (χ4n) is 7.64. The fraction of sp³-hybridized carbons (Fsp3) is 0.609. The summed E-state index contributed by atoms with van der Waals surface area (Å²) in [4.78, 5) is 12.5. The number of amides is 1. The van der Waals surface area contributed by atoms with Gasteiger partial charge in [0.25, 0.3) is 0 Å². The van der Waals surface area contributed by atoms with Crippen molar-refractivity contribution in [2.24, 2.45) is 0 Å². The van der Waals surface area contributed by atoms with Gasteiger partial charge in [0.05, 0.1) is 18.8 Å². The molecule has 0 aliphatic rings. The van der Waals surface area contributed by atoms with Gasteiger partial charge < -0.3 is 15.5 Å². The van der Waals surface area contributed by atoms with E-state index in [0.717, 1.165) is 109 Å². The number of unbranched alkanes of at least 4 members (excludes halogenated alkanes) is 18. The summed E-state index contributed by atoms with van der Waals surface area (Å²) in [6.45, 7) is 4.22. The lowest BCUT2D eigenvalue weighted by molar-refractivity contribution is -0.123. The highest BCUT2D eigenvalue weighted by Gasteiger charge is 2.20. The predicted octanol–water partition coefficient (Wildman–Crippen LogP) is 18.8. The number of hydrogen-bond donors (Lipinski definition) is 3. The Hall–Kier alpha value is -3.73. The van der Waals surface area contributed by atoms with Crippen LogP contribution in [0.3, 0.4) is 0 Å². The molecule has 68 heavy (non-hydrogen) atoms. The van der Waals surface area contributed by atoms with Crippen molar-refractivity contribution in [3.8, 4) is 0 Å². The smallest absolute Gasteiger partial charge is 0.220 e. The summed E-state index contributed by atoms with van der Waals surface area (Å²) in [6.07, 6.45) is 91.1. The zero-order chi connectivity index (χ0) is 49.2. The number of carbonyl (C=O) groups excluding carboxylic acids is 1. The van der Waals surface area contributed by atoms with Gasteiger partial charge in [-0.15, -0.1) is 0 Å². The van der Waals surface area contributed by atoms with E-state index in [1.165, 1.54) is 96.3 Å². The van der Waals surface area contributed by atoms with Crippen molar-refractivity contribution >= 4 is 5.91 Å². The van der Waals surface area contributed by atoms with Gasteiger partial charge in [-0.2, -0.15) is 0 Å². The summed E-state index contributed by atoms with van der Waals surface area (Å²) in [5.41, 5.74) is 0. The first-order valence-corrected chi connectivity index (χ1v) is 28.0. The molecule has 0 aliphatic heterocycles. The molecule has 0 heterocycles. The van der Waals surface area contributed by atoms with Gasteiger partial charge in [0.15, 0.2) is 0 Å². The van der Waals surface area contributed by atoms with Gasteiger partial charge >= 0.3 is 0 Å². The van der Waals surface area contributed by atoms with E-state index < -0.39 is 12.1 Å². The minimum Gasteiger partial charge on any atom is -0.394 e. The van der Waals surface area contributed by atoms with E-state index >= 15 is 0 Å². The van der Waals surface area contributed by atoms with Crippen LogP contribution in [0.25, 0.3) is 0 Å². The fourth-order valence-corrected chi connectivity index (χ4v) is 7.64. The first kappa shape index (κ1) is 64.3. The number of aliphatic hydroxyl groups is 2. The molecule has 0 aromatic heterocycles. The van der Waals surface area contributed by atoms with E-state index in [9.17, 15) is 15.0 Å². The molecule has 2 atom stereocenters. The molecule has 1 amide bonds. The molecule has 0 aliphatic carbocycles. The van der Waals surface area contributed by atoms with E-state index in [-0.39, 0.29) is 12.5 Å². The topological polar surface area (TPSA) is 69.6 Å². The number of hydrogen-bond acceptors (Lipinski definition) is 3. The van der Waals surface area contributed by atoms with Gasteiger partial charge in [-0.25, -0.2) is 0 Å². The van der Waals surface area contributed by atoms with Gasteiger partial charge in [-0.05, 0) is 103 Å². The highest BCUT2D eigenvalue weighted by molar-refractivity contribution is 5.76. The third-order valence-electron chi connectivity index (χ3n) is 11.9. The Balaban J connectivity index is 3.71. The second-order valence-corrected chi connectivity index (χ2v) is 18.3. The lowest BCUT2D eigenvalue weighted by Crippen LogP contribution is -2.45. The van der Waals surface area contributed by atoms with Gasteiger partial charge in [0.1, 0.15) is 0 Å². The molecule has 0 radical (unpaired) electrons. The lowest BCUT2D eigenvalue weighted by Gasteiger charge is -2.22. The number of carbonyl (C=O) groups is 1. The zero-order valence-corrected chi connectivity index (χ0v) is 44.1. The van der Waals surface area contributed by atoms with Crippen LogP contribution in [0, 0.1) is 0 Å². The summed E-state index contributed by atoms with van der Waals surface area (Å²) in [5.74, 6) is -0.0786. The summed E-state index contributed by atoms with van der Waals surface area (Å²) in [7, 11) is 0. The van der Waals surface area contributed by atoms with Crippen LogP contribution in [0.15, 0.2) is 146 Å². The van der Waals surface area contributed by atoms with Gasteiger partial charge in [-0.1, -0.05) is 269 Å². The van der Waals surface area contributed by atoms with Crippen molar-refractivity contribution < 1.29 is 15.0 Å². The van der Waals surface area contributed by atoms with Gasteiger partial charge in [0, 0.05) is 6.42 Å². The van der Waals surface area contributed by atoms with Crippen molar-refractivity contribution in [1.29, 1.82) is 0 Å². The van der Waals surface area contributed by atoms with Crippen molar-refractivity contribution in [1.82, 2.24) is 5.32 Å². The lowest BCUT2D eigenvalue weighted by atomic mass is 10.0. The molecular formula is C64H105NO3. The molecule has 384 valence electrons. The Morgan fingerprint density at radius 3 is 0.941 bits per heavy atom. The maximum Gasteiger partial charge on any atom is 0.220 e. The van der Waals surface area contributed by atoms with Crippen LogP contribution in [-0.4, -0.2) is 34.9 Å². The van der Waals surface area contributed by atoms with Crippen molar-refractivity contribution in [3.05, 3.63) is 146 Å². The average Bonchev–Trinajstić information content (AvgIpc) is 3.34. The second kappa shape index (κ2) is 57.6. The van der Waals surface area contributed by atoms with E-state index in [1.807, 2.05) is 0 Å². The van der Waals surface area contributed by atoms with Gasteiger partial charge in [0.2, 0.25) is 5.91 Å². The molecule has 4 heteroatoms. The summed E-state index contributed by atoms with van der Waals surface area (Å²) < 4.78 is 0. The minimum atomic E-state index is -0.689. The maximum absolute atomic E-state index is 12.5. The van der Waals surface area contributed by atoms with Crippen molar-refractivity contribution in [2.45, 2.75) is 244 Å². The number of rotatable bonds is 49. The molecular weight excluding hydrogens is 831 g/mol. The summed E-state index contributed by atoms with van der Waals surface area (Å²) in [5, 5.41) is 23.2. The van der Waals surface area contributed by atoms with Crippen molar-refractivity contribution in [3.63, 3.8) is 0 Å². The van der Waals surface area contributed by atoms with Crippen LogP contribution in [0.2, 0.25) is 0 Å². The minimum absolute atomic E-state index is 0.0786. The highest BCUT2D eigenvalue weighted by Crippen LogP contribution is 2.15. The van der Waals surface area contributed by atoms with Crippen LogP contribution >= 0.6 is 0 Å². The molecule has 0 bridgehead atoms. The van der Waals surface area contributed by atoms with E-state index in [0.29, 0.717) is 12.8 Å². The normalized spacial score (nSPS) is 14.0. The third kappa shape index (κ3) is 53.2. The average molecular weight is 937 g/mol. The molecule has 0 aromatic carbocycles. The largest absolute Gasteiger partial charge is 0.394 e. The Bertz CT molecular complexity index is 1430. The first-order valence-electron chi connectivity index (χ1n) is 28.0. The predicted molar refractivity (Wildman–Crippen MR) is 303 cm³/mol. The molecule has 3 N–H and O–H groups in total. The van der Waals surface area contributed by atoms with Crippen LogP contribution < -0.4 is 5.32 Å². The monoisotopic (exact) mass is 936 g/mol. The van der Waals surface area contributed by atoms with E-state index in [1.54, 1.807) is 0 Å². The van der Waals surface area contributed by atoms with Crippen LogP contribution in [0.4, 0.5) is 0 Å². The first-order chi connectivity index (χ1) is 33.7. The summed E-state index contributed by atoms with van der Waals surface area (Å²) in [6, 6.07) is -0.571. The van der Waals surface area contributed by atoms with Gasteiger partial charge in [-0.3, -0.25) is 4.79 Å². The quantitative estimate of drug-likeness (QED) is 0.0420. The van der Waals surface area contributed by atoms with Crippen LogP contribution in [0.1, 0.15) is 232 Å². The van der Waals surface area contributed by atoms with E-state index in [4.69, 9.17) is 0 Å². The molecule has 0 rings (SSSR count). The standard InChI is InChI=1S/C64H105NO3/c1-3-5-7-9-11-13-15-17-19-21-22-23-24-25-26-27-28-29-30-31-32-33-34-35-36-37-38-39-40-41-42-44-46-48-50-52-54-56-58-60-64(68)65-62(61-66)63(67)59-57-55-53-51-49-47-45-43-20-18-16-14-12-10-8-6-4-2/h5,7,11,13,17,19,22-23,25-26,28-29,31-32,34-35,37-38,40-41,44,46,50,52,62-63,66-67H,3-4,6,8-10,12,14-16,18,20-21,24,27,30,33,36,39,42-43,45,47-49,51,53-61H2,1-2H3,(H,65,68)/b7-5-,13-11-,19-17-,23-22-,26-25-,29-28-,32-31-,35-34-,38-37-,41-40-,46-44-,52-50-. The SMILES string of the molecule is CC/C=C\C/C=C\C/C=C\C/C=C\C/C=C\C/C=C\C/C=C\C/C=C\C/C=C\C/C=C\C/C=C\C/C=C\CCCCC(=O)NC(CO)C(O)CCCCCCCCCCCCCCCCCCC. The molecule has 0 saturated carbocycles. The highest BCUT2D eigenvalue weighted by atomic mass is 16.3. The Morgan fingerprint density at radius 1 is 0.368 bits per heavy atom. The number of allylic oxidation sites excluding steroid dienone is 24. The molecule has 0 saturated heterocycles. The third-order valence-corrected chi connectivity index (χ3v) is 11.9. The molecule has 0 spiro atoms. The second-order valence-electron chi connectivity index (χ2n) is 18.3. The number of nitrogens with one attached hydrogen (secondary N) is 1. The van der Waals surface area contributed by atoms with Crippen LogP contribution in [0.5, 0.6) is 0 Å².